The maximum Gasteiger partial charge on any atom is 2.00 e. The van der Waals surface area contributed by atoms with E-state index in [9.17, 15) is 24.6 Å². The van der Waals surface area contributed by atoms with Crippen LogP contribution in [0.15, 0.2) is 0 Å². The Balaban J connectivity index is 0. The first kappa shape index (κ1) is 16.3. The molecule has 0 saturated heterocycles. The van der Waals surface area contributed by atoms with Gasteiger partial charge in [-0.1, -0.05) is 0 Å². The number of aliphatic carboxylic acids is 3. The topological polar surface area (TPSA) is 138 Å². The Morgan fingerprint density at radius 1 is 1.07 bits per heavy atom. The van der Waals surface area contributed by atoms with E-state index >= 15 is 0 Å². The number of rotatable bonds is 5. The molecule has 0 spiro atoms. The van der Waals surface area contributed by atoms with E-state index in [0.717, 1.165) is 0 Å². The van der Waals surface area contributed by atoms with Crippen molar-refractivity contribution in [2.75, 3.05) is 0 Å². The molecule has 74 valence electrons. The SMILES string of the molecule is O=C([O-])CC(O)(CC(=O)[O-])C(=O)O.[87Sr+2]. The number of aliphatic hydroxyl groups is 1. The summed E-state index contributed by atoms with van der Waals surface area (Å²) in [5.74, 6) is -5.65. The van der Waals surface area contributed by atoms with Crippen molar-refractivity contribution in [2.24, 2.45) is 0 Å². The molecule has 0 amide bonds. The third-order valence-corrected chi connectivity index (χ3v) is 1.27. The van der Waals surface area contributed by atoms with Crippen LogP contribution in [0.25, 0.3) is 0 Å². The van der Waals surface area contributed by atoms with Crippen LogP contribution in [0.3, 0.4) is 0 Å². The van der Waals surface area contributed by atoms with Crippen LogP contribution >= 0.6 is 0 Å². The van der Waals surface area contributed by atoms with Gasteiger partial charge in [0, 0.05) is 24.8 Å². The minimum Gasteiger partial charge on any atom is -0.550 e. The van der Waals surface area contributed by atoms with Crippen molar-refractivity contribution in [3.8, 4) is 0 Å². The van der Waals surface area contributed by atoms with Gasteiger partial charge < -0.3 is 30.0 Å². The van der Waals surface area contributed by atoms with Gasteiger partial charge in [0.2, 0.25) is 0 Å². The third-order valence-electron chi connectivity index (χ3n) is 1.27. The quantitative estimate of drug-likeness (QED) is 0.485. The van der Waals surface area contributed by atoms with Gasteiger partial charge in [0.25, 0.3) is 0 Å². The second-order valence-corrected chi connectivity index (χ2v) is 2.43. The molecule has 0 fully saturated rings. The average molecular weight is 277 g/mol. The van der Waals surface area contributed by atoms with Gasteiger partial charge in [-0.25, -0.2) is 4.79 Å². The van der Waals surface area contributed by atoms with Crippen LogP contribution in [-0.4, -0.2) is 79.2 Å². The van der Waals surface area contributed by atoms with Crippen molar-refractivity contribution in [1.82, 2.24) is 0 Å². The summed E-state index contributed by atoms with van der Waals surface area (Å²) in [6, 6.07) is 0. The second-order valence-electron chi connectivity index (χ2n) is 2.43. The summed E-state index contributed by atoms with van der Waals surface area (Å²) in [5.41, 5.74) is -2.86. The first-order chi connectivity index (χ1) is 5.78. The normalized spacial score (nSPS) is 10.1. The Bertz CT molecular complexity index is 233. The molecule has 0 aromatic carbocycles. The molecule has 0 radical (unpaired) electrons. The second kappa shape index (κ2) is 6.36. The summed E-state index contributed by atoms with van der Waals surface area (Å²) in [6.45, 7) is 0. The Kier molecular flexibility index (Phi) is 7.39. The smallest absolute Gasteiger partial charge is 0.550 e. The molecule has 0 aromatic rings. The number of carbonyl (C=O) groups is 3. The van der Waals surface area contributed by atoms with Crippen molar-refractivity contribution < 1.29 is 34.8 Å². The van der Waals surface area contributed by atoms with Crippen LogP contribution in [-0.2, 0) is 14.4 Å². The summed E-state index contributed by atoms with van der Waals surface area (Å²) in [7, 11) is 0. The van der Waals surface area contributed by atoms with Crippen LogP contribution in [0, 0.1) is 0 Å². The largest absolute Gasteiger partial charge is 2.00 e. The molecule has 0 aliphatic rings. The van der Waals surface area contributed by atoms with Crippen LogP contribution in [0.2, 0.25) is 0 Å². The maximum atomic E-state index is 10.3. The summed E-state index contributed by atoms with van der Waals surface area (Å²) in [5, 5.41) is 37.2. The number of carboxylic acids is 3. The molecule has 8 heteroatoms. The predicted octanol–water partition coefficient (Wildman–Crippen LogP) is -4.30. The fraction of sp³-hybridized carbons (Fsp3) is 0.500. The Labute approximate surface area is 116 Å². The maximum absolute atomic E-state index is 10.3. The molecule has 7 nitrogen and oxygen atoms in total. The van der Waals surface area contributed by atoms with Gasteiger partial charge in [-0.2, -0.15) is 0 Å². The summed E-state index contributed by atoms with van der Waals surface area (Å²) in [4.78, 5) is 30.2. The summed E-state index contributed by atoms with van der Waals surface area (Å²) in [6.07, 6.45) is -2.59. The van der Waals surface area contributed by atoms with Crippen LogP contribution < -0.4 is 10.2 Å². The summed E-state index contributed by atoms with van der Waals surface area (Å²) < 4.78 is 0. The van der Waals surface area contributed by atoms with Crippen molar-refractivity contribution in [1.29, 1.82) is 0 Å². The number of hydrogen-bond acceptors (Lipinski definition) is 6. The molecule has 0 saturated carbocycles. The van der Waals surface area contributed by atoms with E-state index in [1.54, 1.807) is 0 Å². The van der Waals surface area contributed by atoms with E-state index in [0.29, 0.717) is 0 Å². The van der Waals surface area contributed by atoms with Gasteiger partial charge in [0.1, 0.15) is 0 Å². The molecule has 0 rings (SSSR count). The molecule has 0 aliphatic heterocycles. The average Bonchev–Trinajstić information content (AvgIpc) is 1.82. The van der Waals surface area contributed by atoms with Crippen molar-refractivity contribution in [3.05, 3.63) is 0 Å². The van der Waals surface area contributed by atoms with Gasteiger partial charge in [-0.15, -0.1) is 0 Å². The molecule has 0 bridgehead atoms. The number of carboxylic acid groups (broad SMARTS) is 3. The van der Waals surface area contributed by atoms with Crippen LogP contribution in [0.5, 0.6) is 0 Å². The zero-order chi connectivity index (χ0) is 10.6. The van der Waals surface area contributed by atoms with Gasteiger partial charge in [0.05, 0.1) is 0 Å². The standard InChI is InChI=1S/C6H8O7.Sr/c7-3(8)1-6(13,5(11)12)2-4(9)10;/h13H,1-2H2,(H,7,8)(H,9,10)(H,11,12);/q;+2/p-2/i;1-1. The Morgan fingerprint density at radius 3 is 1.50 bits per heavy atom. The van der Waals surface area contributed by atoms with Gasteiger partial charge >= 0.3 is 51.5 Å². The van der Waals surface area contributed by atoms with E-state index < -0.39 is 36.4 Å². The van der Waals surface area contributed by atoms with Crippen molar-refractivity contribution in [2.45, 2.75) is 18.4 Å². The zero-order valence-electron chi connectivity index (χ0n) is 7.06. The monoisotopic (exact) mass is 277 g/mol. The fourth-order valence-corrected chi connectivity index (χ4v) is 0.691. The minimum atomic E-state index is -2.86. The fourth-order valence-electron chi connectivity index (χ4n) is 0.691. The first-order valence-corrected chi connectivity index (χ1v) is 3.13. The van der Waals surface area contributed by atoms with Crippen LogP contribution in [0.4, 0.5) is 0 Å². The van der Waals surface area contributed by atoms with Crippen molar-refractivity contribution >= 4 is 63.4 Å². The van der Waals surface area contributed by atoms with Gasteiger partial charge in [-0.3, -0.25) is 0 Å². The van der Waals surface area contributed by atoms with E-state index in [1.807, 2.05) is 0 Å². The molecule has 2 N–H and O–H groups in total. The number of carbonyl (C=O) groups excluding carboxylic acids is 2. The van der Waals surface area contributed by atoms with Gasteiger partial charge in [-0.05, 0) is 0 Å². The zero-order valence-corrected chi connectivity index (χ0v) is 10.5. The molecular weight excluding hydrogens is 271 g/mol. The molecule has 14 heavy (non-hydrogen) atoms. The minimum absolute atomic E-state index is 0. The Hall–Kier alpha value is -0.149. The Morgan fingerprint density at radius 2 is 1.36 bits per heavy atom. The van der Waals surface area contributed by atoms with Crippen LogP contribution in [0.1, 0.15) is 12.8 Å². The van der Waals surface area contributed by atoms with Gasteiger partial charge in [0.15, 0.2) is 5.60 Å². The van der Waals surface area contributed by atoms with E-state index in [1.165, 1.54) is 0 Å². The molecule has 0 atom stereocenters. The first-order valence-electron chi connectivity index (χ1n) is 3.13. The molecule has 0 heterocycles. The molecule has 0 aromatic heterocycles. The van der Waals surface area contributed by atoms with E-state index in [-0.39, 0.29) is 45.5 Å². The molecule has 0 aliphatic carbocycles. The van der Waals surface area contributed by atoms with E-state index in [4.69, 9.17) is 10.2 Å². The van der Waals surface area contributed by atoms with E-state index in [2.05, 4.69) is 0 Å². The number of hydrogen-bond donors (Lipinski definition) is 2. The van der Waals surface area contributed by atoms with Crippen molar-refractivity contribution in [3.63, 3.8) is 0 Å². The predicted molar refractivity (Wildman–Crippen MR) is 37.6 cm³/mol. The third kappa shape index (κ3) is 5.55. The molecule has 0 unspecified atom stereocenters. The summed E-state index contributed by atoms with van der Waals surface area (Å²) >= 11 is 0. The molecular formula is C6H6O7Sr.